The molecule has 8 nitrogen and oxygen atoms in total. The second-order valence-electron chi connectivity index (χ2n) is 4.55. The van der Waals surface area contributed by atoms with Gasteiger partial charge in [-0.1, -0.05) is 6.92 Å². The summed E-state index contributed by atoms with van der Waals surface area (Å²) in [7, 11) is 1.49. The van der Waals surface area contributed by atoms with Crippen LogP contribution in [0, 0.1) is 0 Å². The third-order valence-electron chi connectivity index (χ3n) is 3.18. The Hall–Kier alpha value is -1.83. The predicted molar refractivity (Wildman–Crippen MR) is 70.2 cm³/mol. The van der Waals surface area contributed by atoms with Crippen molar-refractivity contribution in [2.45, 2.75) is 31.8 Å². The van der Waals surface area contributed by atoms with E-state index in [-0.39, 0.29) is 18.9 Å². The predicted octanol–water partition coefficient (Wildman–Crippen LogP) is -0.604. The summed E-state index contributed by atoms with van der Waals surface area (Å²) in [5.41, 5.74) is 0. The number of likely N-dealkylation sites (N-methyl/N-ethyl adjacent to an activating group) is 1. The average molecular weight is 287 g/mol. The molecule has 1 aliphatic heterocycles. The number of hydrogen-bond donors (Lipinski definition) is 3. The van der Waals surface area contributed by atoms with Crippen molar-refractivity contribution < 1.29 is 24.2 Å². The van der Waals surface area contributed by atoms with Gasteiger partial charge in [-0.3, -0.25) is 9.59 Å². The molecule has 20 heavy (non-hydrogen) atoms. The van der Waals surface area contributed by atoms with Crippen LogP contribution in [-0.4, -0.2) is 66.8 Å². The maximum Gasteiger partial charge on any atom is 0.318 e. The zero-order chi connectivity index (χ0) is 15.1. The molecule has 0 spiro atoms. The Balaban J connectivity index is 2.67. The molecule has 1 saturated heterocycles. The number of nitrogens with zero attached hydrogens (tertiary/aromatic N) is 1. The molecule has 114 valence electrons. The quantitative estimate of drug-likeness (QED) is 0.625. The van der Waals surface area contributed by atoms with Crippen LogP contribution in [0.3, 0.4) is 0 Å². The molecule has 1 heterocycles. The van der Waals surface area contributed by atoms with Gasteiger partial charge in [0.2, 0.25) is 5.91 Å². The Kier molecular flexibility index (Phi) is 6.23. The van der Waals surface area contributed by atoms with Crippen molar-refractivity contribution in [2.75, 3.05) is 26.8 Å². The highest BCUT2D eigenvalue weighted by molar-refractivity contribution is 5.87. The smallest absolute Gasteiger partial charge is 0.318 e. The lowest BCUT2D eigenvalue weighted by Crippen LogP contribution is -2.59. The fraction of sp³-hybridized carbons (Fsp3) is 0.750. The van der Waals surface area contributed by atoms with E-state index in [1.54, 1.807) is 6.92 Å². The lowest BCUT2D eigenvalue weighted by molar-refractivity contribution is -0.137. The number of hydrogen-bond acceptors (Lipinski definition) is 4. The van der Waals surface area contributed by atoms with E-state index in [4.69, 9.17) is 9.84 Å². The Bertz CT molecular complexity index is 374. The molecular weight excluding hydrogens is 266 g/mol. The van der Waals surface area contributed by atoms with E-state index in [1.165, 1.54) is 11.9 Å². The summed E-state index contributed by atoms with van der Waals surface area (Å²) >= 11 is 0. The Labute approximate surface area is 117 Å². The number of aliphatic carboxylic acids is 1. The minimum atomic E-state index is -0.970. The van der Waals surface area contributed by atoms with E-state index >= 15 is 0 Å². The number of carboxylic acids is 1. The molecule has 2 unspecified atom stereocenters. The van der Waals surface area contributed by atoms with Crippen molar-refractivity contribution in [2.24, 2.45) is 0 Å². The fourth-order valence-corrected chi connectivity index (χ4v) is 2.00. The molecule has 0 aromatic rings. The van der Waals surface area contributed by atoms with Crippen molar-refractivity contribution in [1.82, 2.24) is 15.5 Å². The van der Waals surface area contributed by atoms with Crippen LogP contribution in [0.5, 0.6) is 0 Å². The van der Waals surface area contributed by atoms with Gasteiger partial charge in [0.25, 0.3) is 0 Å². The largest absolute Gasteiger partial charge is 0.481 e. The number of urea groups is 1. The zero-order valence-electron chi connectivity index (χ0n) is 11.7. The van der Waals surface area contributed by atoms with Crippen LogP contribution >= 0.6 is 0 Å². The number of carbonyl (C=O) groups is 3. The second kappa shape index (κ2) is 7.68. The van der Waals surface area contributed by atoms with Gasteiger partial charge in [0.1, 0.15) is 6.04 Å². The number of ether oxygens (including phenoxy) is 1. The molecule has 2 atom stereocenters. The van der Waals surface area contributed by atoms with Crippen LogP contribution in [0.15, 0.2) is 0 Å². The first-order chi connectivity index (χ1) is 9.49. The molecule has 3 amide bonds. The van der Waals surface area contributed by atoms with E-state index in [9.17, 15) is 14.4 Å². The van der Waals surface area contributed by atoms with Gasteiger partial charge in [-0.05, 0) is 6.42 Å². The van der Waals surface area contributed by atoms with Gasteiger partial charge in [-0.25, -0.2) is 4.79 Å². The molecule has 8 heteroatoms. The lowest BCUT2D eigenvalue weighted by Gasteiger charge is -2.35. The SMILES string of the molecule is CCC(CC(=O)O)NC(=O)N1CCOCC1C(=O)NC. The van der Waals surface area contributed by atoms with E-state index < -0.39 is 24.1 Å². The van der Waals surface area contributed by atoms with E-state index in [0.29, 0.717) is 19.6 Å². The first-order valence-corrected chi connectivity index (χ1v) is 6.57. The summed E-state index contributed by atoms with van der Waals surface area (Å²) in [4.78, 5) is 36.0. The molecule has 1 fully saturated rings. The molecular formula is C12H21N3O5. The first-order valence-electron chi connectivity index (χ1n) is 6.57. The normalized spacial score (nSPS) is 20.1. The van der Waals surface area contributed by atoms with Crippen molar-refractivity contribution in [3.05, 3.63) is 0 Å². The maximum atomic E-state index is 12.2. The van der Waals surface area contributed by atoms with E-state index in [2.05, 4.69) is 10.6 Å². The number of amides is 3. The van der Waals surface area contributed by atoms with Gasteiger partial charge >= 0.3 is 12.0 Å². The summed E-state index contributed by atoms with van der Waals surface area (Å²) in [5.74, 6) is -1.27. The number of rotatable bonds is 5. The lowest BCUT2D eigenvalue weighted by atomic mass is 10.1. The number of carbonyl (C=O) groups excluding carboxylic acids is 2. The second-order valence-corrected chi connectivity index (χ2v) is 4.55. The summed E-state index contributed by atoms with van der Waals surface area (Å²) in [6.07, 6.45) is 0.365. The van der Waals surface area contributed by atoms with Crippen molar-refractivity contribution in [3.63, 3.8) is 0 Å². The molecule has 0 aliphatic carbocycles. The van der Waals surface area contributed by atoms with Crippen molar-refractivity contribution in [1.29, 1.82) is 0 Å². The van der Waals surface area contributed by atoms with Crippen LogP contribution in [0.1, 0.15) is 19.8 Å². The highest BCUT2D eigenvalue weighted by atomic mass is 16.5. The van der Waals surface area contributed by atoms with Crippen LogP contribution in [-0.2, 0) is 14.3 Å². The Morgan fingerprint density at radius 1 is 1.45 bits per heavy atom. The number of nitrogens with one attached hydrogen (secondary N) is 2. The van der Waals surface area contributed by atoms with E-state index in [0.717, 1.165) is 0 Å². The third-order valence-corrected chi connectivity index (χ3v) is 3.18. The van der Waals surface area contributed by atoms with Gasteiger partial charge in [-0.2, -0.15) is 0 Å². The molecule has 0 bridgehead atoms. The standard InChI is InChI=1S/C12H21N3O5/c1-3-8(6-10(16)17)14-12(19)15-4-5-20-7-9(15)11(18)13-2/h8-9H,3-7H2,1-2H3,(H,13,18)(H,14,19)(H,16,17). The molecule has 3 N–H and O–H groups in total. The summed E-state index contributed by atoms with van der Waals surface area (Å²) in [6, 6.07) is -1.57. The monoisotopic (exact) mass is 287 g/mol. The minimum absolute atomic E-state index is 0.142. The van der Waals surface area contributed by atoms with Gasteiger partial charge in [0, 0.05) is 19.6 Å². The zero-order valence-corrected chi connectivity index (χ0v) is 11.7. The molecule has 0 saturated carbocycles. The third kappa shape index (κ3) is 4.37. The summed E-state index contributed by atoms with van der Waals surface area (Å²) in [5, 5.41) is 13.9. The van der Waals surface area contributed by atoms with Crippen LogP contribution < -0.4 is 10.6 Å². The topological polar surface area (TPSA) is 108 Å². The van der Waals surface area contributed by atoms with Crippen molar-refractivity contribution in [3.8, 4) is 0 Å². The molecule has 1 aliphatic rings. The highest BCUT2D eigenvalue weighted by Crippen LogP contribution is 2.09. The fourth-order valence-electron chi connectivity index (χ4n) is 2.00. The maximum absolute atomic E-state index is 12.2. The van der Waals surface area contributed by atoms with Crippen LogP contribution in [0.25, 0.3) is 0 Å². The Morgan fingerprint density at radius 2 is 2.15 bits per heavy atom. The Morgan fingerprint density at radius 3 is 2.70 bits per heavy atom. The highest BCUT2D eigenvalue weighted by Gasteiger charge is 2.33. The first kappa shape index (κ1) is 16.2. The summed E-state index contributed by atoms with van der Waals surface area (Å²) < 4.78 is 5.20. The van der Waals surface area contributed by atoms with E-state index in [1.807, 2.05) is 0 Å². The van der Waals surface area contributed by atoms with Crippen molar-refractivity contribution >= 4 is 17.9 Å². The van der Waals surface area contributed by atoms with Gasteiger partial charge < -0.3 is 25.4 Å². The van der Waals surface area contributed by atoms with Gasteiger partial charge in [0.05, 0.1) is 19.6 Å². The number of morpholine rings is 1. The number of carboxylic acid groups (broad SMARTS) is 1. The molecule has 0 aromatic heterocycles. The van der Waals surface area contributed by atoms with Gasteiger partial charge in [-0.15, -0.1) is 0 Å². The summed E-state index contributed by atoms with van der Waals surface area (Å²) in [6.45, 7) is 2.59. The molecule has 0 aromatic carbocycles. The molecule has 0 radical (unpaired) electrons. The average Bonchev–Trinajstić information content (AvgIpc) is 2.45. The van der Waals surface area contributed by atoms with Crippen LogP contribution in [0.2, 0.25) is 0 Å². The minimum Gasteiger partial charge on any atom is -0.481 e. The van der Waals surface area contributed by atoms with Gasteiger partial charge in [0.15, 0.2) is 0 Å². The molecule has 1 rings (SSSR count). The van der Waals surface area contributed by atoms with Crippen LogP contribution in [0.4, 0.5) is 4.79 Å².